The Bertz CT molecular complexity index is 992. The molecule has 0 radical (unpaired) electrons. The third-order valence-corrected chi connectivity index (χ3v) is 4.05. The molecular formula is C16H10BrNO5. The third kappa shape index (κ3) is 2.55. The van der Waals surface area contributed by atoms with Gasteiger partial charge in [-0.3, -0.25) is 9.36 Å². The molecule has 0 fully saturated rings. The summed E-state index contributed by atoms with van der Waals surface area (Å²) >= 11 is 3.30. The van der Waals surface area contributed by atoms with Gasteiger partial charge in [0.05, 0.1) is 10.9 Å². The van der Waals surface area contributed by atoms with Crippen molar-refractivity contribution in [3.63, 3.8) is 0 Å². The van der Waals surface area contributed by atoms with E-state index in [0.717, 1.165) is 6.07 Å². The molecule has 0 amide bonds. The van der Waals surface area contributed by atoms with Crippen LogP contribution in [-0.2, 0) is 0 Å². The zero-order valence-corrected chi connectivity index (χ0v) is 13.1. The molecule has 0 aliphatic heterocycles. The maximum atomic E-state index is 12.7. The van der Waals surface area contributed by atoms with Crippen LogP contribution in [0.1, 0.15) is 10.4 Å². The fourth-order valence-corrected chi connectivity index (χ4v) is 2.90. The molecule has 116 valence electrons. The lowest BCUT2D eigenvalue weighted by Crippen LogP contribution is -2.20. The van der Waals surface area contributed by atoms with Gasteiger partial charge in [0.25, 0.3) is 5.56 Å². The zero-order valence-electron chi connectivity index (χ0n) is 11.5. The quantitative estimate of drug-likeness (QED) is 0.639. The fraction of sp³-hybridized carbons (Fsp3) is 0. The van der Waals surface area contributed by atoms with Crippen LogP contribution in [0.5, 0.6) is 11.5 Å². The SMILES string of the molecule is O=C(O)c1cc(O)cc2c(Br)cn(-c3ccc(O)cc3)c(=O)c12. The number of aromatic carboxylic acids is 1. The van der Waals surface area contributed by atoms with E-state index in [4.69, 9.17) is 0 Å². The molecule has 0 spiro atoms. The van der Waals surface area contributed by atoms with Gasteiger partial charge in [0, 0.05) is 21.7 Å². The number of hydrogen-bond acceptors (Lipinski definition) is 4. The average molecular weight is 376 g/mol. The van der Waals surface area contributed by atoms with Crippen LogP contribution in [0, 0.1) is 0 Å². The number of aromatic hydroxyl groups is 2. The summed E-state index contributed by atoms with van der Waals surface area (Å²) in [4.78, 5) is 24.2. The minimum absolute atomic E-state index is 0.0160. The number of phenolic OH excluding ortho intramolecular Hbond substituents is 2. The van der Waals surface area contributed by atoms with E-state index in [2.05, 4.69) is 15.9 Å². The number of carboxylic acids is 1. The van der Waals surface area contributed by atoms with E-state index >= 15 is 0 Å². The molecular weight excluding hydrogens is 366 g/mol. The van der Waals surface area contributed by atoms with E-state index in [-0.39, 0.29) is 22.4 Å². The molecule has 0 unspecified atom stereocenters. The van der Waals surface area contributed by atoms with E-state index in [1.54, 1.807) is 0 Å². The molecule has 0 saturated carbocycles. The fourth-order valence-electron chi connectivity index (χ4n) is 2.38. The second kappa shape index (κ2) is 5.44. The van der Waals surface area contributed by atoms with Gasteiger partial charge in [-0.1, -0.05) is 0 Å². The van der Waals surface area contributed by atoms with Crippen LogP contribution in [0.3, 0.4) is 0 Å². The highest BCUT2D eigenvalue weighted by Gasteiger charge is 2.18. The van der Waals surface area contributed by atoms with Gasteiger partial charge in [-0.2, -0.15) is 0 Å². The number of fused-ring (bicyclic) bond motifs is 1. The molecule has 0 aliphatic carbocycles. The first-order valence-electron chi connectivity index (χ1n) is 6.49. The van der Waals surface area contributed by atoms with Gasteiger partial charge in [0.2, 0.25) is 0 Å². The zero-order chi connectivity index (χ0) is 16.7. The first kappa shape index (κ1) is 15.1. The van der Waals surface area contributed by atoms with Gasteiger partial charge in [0.1, 0.15) is 11.5 Å². The van der Waals surface area contributed by atoms with Crippen LogP contribution < -0.4 is 5.56 Å². The molecule has 0 bridgehead atoms. The van der Waals surface area contributed by atoms with Gasteiger partial charge in [0.15, 0.2) is 0 Å². The molecule has 0 atom stereocenters. The molecule has 0 aliphatic rings. The Balaban J connectivity index is 2.43. The summed E-state index contributed by atoms with van der Waals surface area (Å²) in [5.74, 6) is -1.49. The number of halogens is 1. The van der Waals surface area contributed by atoms with E-state index in [1.165, 1.54) is 41.1 Å². The molecule has 23 heavy (non-hydrogen) atoms. The summed E-state index contributed by atoms with van der Waals surface area (Å²) in [5.41, 5.74) is -0.343. The van der Waals surface area contributed by atoms with Crippen LogP contribution >= 0.6 is 15.9 Å². The number of hydrogen-bond donors (Lipinski definition) is 3. The number of carboxylic acid groups (broad SMARTS) is 1. The van der Waals surface area contributed by atoms with Gasteiger partial charge >= 0.3 is 5.97 Å². The number of rotatable bonds is 2. The molecule has 2 aromatic carbocycles. The third-order valence-electron chi connectivity index (χ3n) is 3.41. The Kier molecular flexibility index (Phi) is 3.57. The van der Waals surface area contributed by atoms with Crippen molar-refractivity contribution in [3.8, 4) is 17.2 Å². The van der Waals surface area contributed by atoms with Crippen LogP contribution in [0.25, 0.3) is 16.5 Å². The van der Waals surface area contributed by atoms with E-state index in [9.17, 15) is 24.9 Å². The second-order valence-corrected chi connectivity index (χ2v) is 5.74. The molecule has 3 rings (SSSR count). The van der Waals surface area contributed by atoms with Crippen LogP contribution in [0.4, 0.5) is 0 Å². The van der Waals surface area contributed by atoms with Crippen LogP contribution in [0.15, 0.2) is 51.9 Å². The van der Waals surface area contributed by atoms with Crippen molar-refractivity contribution in [1.29, 1.82) is 0 Å². The van der Waals surface area contributed by atoms with Gasteiger partial charge in [-0.05, 0) is 52.3 Å². The van der Waals surface area contributed by atoms with Crippen molar-refractivity contribution < 1.29 is 20.1 Å². The molecule has 3 aromatic rings. The summed E-state index contributed by atoms with van der Waals surface area (Å²) in [5, 5.41) is 28.6. The van der Waals surface area contributed by atoms with Crippen molar-refractivity contribution in [1.82, 2.24) is 4.57 Å². The first-order chi connectivity index (χ1) is 10.9. The second-order valence-electron chi connectivity index (χ2n) is 4.89. The van der Waals surface area contributed by atoms with Gasteiger partial charge in [-0.15, -0.1) is 0 Å². The number of aromatic nitrogens is 1. The van der Waals surface area contributed by atoms with E-state index < -0.39 is 11.5 Å². The summed E-state index contributed by atoms with van der Waals surface area (Å²) in [7, 11) is 0. The number of carbonyl (C=O) groups is 1. The molecule has 7 heteroatoms. The highest BCUT2D eigenvalue weighted by atomic mass is 79.9. The minimum Gasteiger partial charge on any atom is -0.508 e. The van der Waals surface area contributed by atoms with Crippen molar-refractivity contribution in [2.24, 2.45) is 0 Å². The average Bonchev–Trinajstić information content (AvgIpc) is 2.51. The smallest absolute Gasteiger partial charge is 0.336 e. The van der Waals surface area contributed by atoms with Crippen molar-refractivity contribution in [2.45, 2.75) is 0 Å². The predicted octanol–water partition coefficient (Wildman–Crippen LogP) is 2.86. The number of benzene rings is 2. The normalized spacial score (nSPS) is 10.8. The van der Waals surface area contributed by atoms with Crippen molar-refractivity contribution in [3.05, 3.63) is 63.0 Å². The Morgan fingerprint density at radius 2 is 1.70 bits per heavy atom. The highest BCUT2D eigenvalue weighted by molar-refractivity contribution is 9.10. The summed E-state index contributed by atoms with van der Waals surface area (Å²) < 4.78 is 1.73. The lowest BCUT2D eigenvalue weighted by atomic mass is 10.1. The van der Waals surface area contributed by atoms with Gasteiger partial charge in [-0.25, -0.2) is 4.79 Å². The lowest BCUT2D eigenvalue weighted by Gasteiger charge is -2.11. The summed E-state index contributed by atoms with van der Waals surface area (Å²) in [6, 6.07) is 8.30. The largest absolute Gasteiger partial charge is 0.508 e. The lowest BCUT2D eigenvalue weighted by molar-refractivity contribution is 0.0698. The Hall–Kier alpha value is -2.80. The Morgan fingerprint density at radius 3 is 2.30 bits per heavy atom. The van der Waals surface area contributed by atoms with Crippen molar-refractivity contribution >= 4 is 32.7 Å². The monoisotopic (exact) mass is 375 g/mol. The summed E-state index contributed by atoms with van der Waals surface area (Å²) in [6.45, 7) is 0. The number of phenols is 2. The molecule has 0 saturated heterocycles. The molecule has 3 N–H and O–H groups in total. The maximum absolute atomic E-state index is 12.7. The molecule has 6 nitrogen and oxygen atoms in total. The van der Waals surface area contributed by atoms with Gasteiger partial charge < -0.3 is 15.3 Å². The standard InChI is InChI=1S/C16H10BrNO5/c17-13-7-18(8-1-3-9(19)4-2-8)15(21)14-11(13)5-10(20)6-12(14)16(22)23/h1-7,19-20H,(H,22,23). The molecule has 1 heterocycles. The molecule has 1 aromatic heterocycles. The number of pyridine rings is 1. The Morgan fingerprint density at radius 1 is 1.04 bits per heavy atom. The first-order valence-corrected chi connectivity index (χ1v) is 7.28. The van der Waals surface area contributed by atoms with E-state index in [1.807, 2.05) is 0 Å². The predicted molar refractivity (Wildman–Crippen MR) is 87.5 cm³/mol. The van der Waals surface area contributed by atoms with Crippen molar-refractivity contribution in [2.75, 3.05) is 0 Å². The minimum atomic E-state index is -1.31. The Labute approximate surface area is 138 Å². The highest BCUT2D eigenvalue weighted by Crippen LogP contribution is 2.29. The van der Waals surface area contributed by atoms with Crippen LogP contribution in [0.2, 0.25) is 0 Å². The van der Waals surface area contributed by atoms with Crippen LogP contribution in [-0.4, -0.2) is 25.9 Å². The summed E-state index contributed by atoms with van der Waals surface area (Å²) in [6.07, 6.45) is 1.49. The number of nitrogens with zero attached hydrogens (tertiary/aromatic N) is 1. The van der Waals surface area contributed by atoms with E-state index in [0.29, 0.717) is 15.5 Å². The topological polar surface area (TPSA) is 99.8 Å². The maximum Gasteiger partial charge on any atom is 0.336 e.